The standard InChI is InChI=1S/C26H27N5O2S/c1-20-23(12-17-33-20)25-27-28-26(31(25)18-21-8-4-2-5-9-21)34-19-24(32)30-15-13-29(14-16-30)22-10-6-3-7-11-22/h2-12,17H,13-16,18-19H2,1H3. The molecule has 1 saturated heterocycles. The lowest BCUT2D eigenvalue weighted by Gasteiger charge is -2.36. The third-order valence-corrected chi connectivity index (χ3v) is 7.03. The normalized spacial score (nSPS) is 13.9. The van der Waals surface area contributed by atoms with Gasteiger partial charge in [-0.05, 0) is 30.7 Å². The van der Waals surface area contributed by atoms with Crippen molar-refractivity contribution >= 4 is 23.4 Å². The van der Waals surface area contributed by atoms with Crippen LogP contribution in [0, 0.1) is 6.92 Å². The Morgan fingerprint density at radius 1 is 0.941 bits per heavy atom. The van der Waals surface area contributed by atoms with Crippen molar-refractivity contribution in [1.82, 2.24) is 19.7 Å². The van der Waals surface area contributed by atoms with E-state index in [0.717, 1.165) is 54.0 Å². The van der Waals surface area contributed by atoms with Gasteiger partial charge in [-0.3, -0.25) is 9.36 Å². The number of amides is 1. The molecule has 2 aromatic heterocycles. The smallest absolute Gasteiger partial charge is 0.233 e. The van der Waals surface area contributed by atoms with Gasteiger partial charge in [-0.1, -0.05) is 60.3 Å². The SMILES string of the molecule is Cc1occc1-c1nnc(SCC(=O)N2CCN(c3ccccc3)CC2)n1Cc1ccccc1. The van der Waals surface area contributed by atoms with E-state index < -0.39 is 0 Å². The number of aromatic nitrogens is 3. The molecular formula is C26H27N5O2S. The average Bonchev–Trinajstić information content (AvgIpc) is 3.49. The molecule has 0 atom stereocenters. The first kappa shape index (κ1) is 22.3. The lowest BCUT2D eigenvalue weighted by molar-refractivity contribution is -0.128. The molecule has 1 fully saturated rings. The highest BCUT2D eigenvalue weighted by Gasteiger charge is 2.23. The number of rotatable bonds is 7. The van der Waals surface area contributed by atoms with E-state index in [1.54, 1.807) is 6.26 Å². The minimum Gasteiger partial charge on any atom is -0.469 e. The fourth-order valence-electron chi connectivity index (χ4n) is 4.19. The predicted molar refractivity (Wildman–Crippen MR) is 134 cm³/mol. The fraction of sp³-hybridized carbons (Fsp3) is 0.269. The van der Waals surface area contributed by atoms with E-state index in [1.165, 1.54) is 17.4 Å². The molecule has 1 aliphatic rings. The molecule has 0 saturated carbocycles. The highest BCUT2D eigenvalue weighted by atomic mass is 32.2. The molecule has 3 heterocycles. The van der Waals surface area contributed by atoms with Crippen LogP contribution >= 0.6 is 11.8 Å². The van der Waals surface area contributed by atoms with Crippen LogP contribution in [0.25, 0.3) is 11.4 Å². The highest BCUT2D eigenvalue weighted by Crippen LogP contribution is 2.28. The number of carbonyl (C=O) groups is 1. The van der Waals surface area contributed by atoms with Crippen LogP contribution in [0.1, 0.15) is 11.3 Å². The Morgan fingerprint density at radius 3 is 2.32 bits per heavy atom. The van der Waals surface area contributed by atoms with E-state index in [1.807, 2.05) is 54.3 Å². The Hall–Kier alpha value is -3.52. The molecule has 4 aromatic rings. The Labute approximate surface area is 203 Å². The van der Waals surface area contributed by atoms with E-state index in [9.17, 15) is 4.79 Å². The van der Waals surface area contributed by atoms with Crippen molar-refractivity contribution in [3.63, 3.8) is 0 Å². The average molecular weight is 474 g/mol. The molecule has 0 N–H and O–H groups in total. The number of hydrogen-bond acceptors (Lipinski definition) is 6. The van der Waals surface area contributed by atoms with Crippen molar-refractivity contribution in [1.29, 1.82) is 0 Å². The minimum atomic E-state index is 0.132. The first-order valence-electron chi connectivity index (χ1n) is 11.4. The van der Waals surface area contributed by atoms with Gasteiger partial charge in [0.1, 0.15) is 5.76 Å². The molecule has 8 heteroatoms. The number of benzene rings is 2. The second kappa shape index (κ2) is 10.2. The zero-order valence-electron chi connectivity index (χ0n) is 19.1. The van der Waals surface area contributed by atoms with Gasteiger partial charge in [-0.2, -0.15) is 0 Å². The van der Waals surface area contributed by atoms with Gasteiger partial charge < -0.3 is 14.2 Å². The van der Waals surface area contributed by atoms with E-state index in [2.05, 4.69) is 43.9 Å². The van der Waals surface area contributed by atoms with Gasteiger partial charge in [0.25, 0.3) is 0 Å². The highest BCUT2D eigenvalue weighted by molar-refractivity contribution is 7.99. The number of anilines is 1. The molecule has 1 aliphatic heterocycles. The third kappa shape index (κ3) is 4.87. The van der Waals surface area contributed by atoms with Crippen molar-refractivity contribution in [2.75, 3.05) is 36.8 Å². The van der Waals surface area contributed by atoms with E-state index in [4.69, 9.17) is 4.42 Å². The summed E-state index contributed by atoms with van der Waals surface area (Å²) in [5.74, 6) is 2.02. The van der Waals surface area contributed by atoms with Gasteiger partial charge in [0.15, 0.2) is 11.0 Å². The summed E-state index contributed by atoms with van der Waals surface area (Å²) in [6.07, 6.45) is 1.66. The maximum absolute atomic E-state index is 13.0. The maximum atomic E-state index is 13.0. The summed E-state index contributed by atoms with van der Waals surface area (Å²) in [5, 5.41) is 9.62. The number of nitrogens with zero attached hydrogens (tertiary/aromatic N) is 5. The van der Waals surface area contributed by atoms with Crippen LogP contribution in [0.4, 0.5) is 5.69 Å². The number of para-hydroxylation sites is 1. The Balaban J connectivity index is 1.26. The lowest BCUT2D eigenvalue weighted by Crippen LogP contribution is -2.49. The van der Waals surface area contributed by atoms with E-state index in [-0.39, 0.29) is 5.91 Å². The van der Waals surface area contributed by atoms with Crippen LogP contribution in [0.2, 0.25) is 0 Å². The second-order valence-electron chi connectivity index (χ2n) is 8.26. The van der Waals surface area contributed by atoms with Crippen molar-refractivity contribution in [3.8, 4) is 11.4 Å². The number of hydrogen-bond donors (Lipinski definition) is 0. The van der Waals surface area contributed by atoms with Crippen LogP contribution < -0.4 is 4.90 Å². The van der Waals surface area contributed by atoms with Crippen LogP contribution in [0.15, 0.2) is 82.6 Å². The van der Waals surface area contributed by atoms with Gasteiger partial charge in [-0.25, -0.2) is 0 Å². The summed E-state index contributed by atoms with van der Waals surface area (Å²) >= 11 is 1.44. The zero-order chi connectivity index (χ0) is 23.3. The fourth-order valence-corrected chi connectivity index (χ4v) is 5.03. The molecule has 5 rings (SSSR count). The van der Waals surface area contributed by atoms with Gasteiger partial charge in [0, 0.05) is 31.9 Å². The molecule has 0 aliphatic carbocycles. The summed E-state index contributed by atoms with van der Waals surface area (Å²) in [4.78, 5) is 17.3. The van der Waals surface area contributed by atoms with Crippen molar-refractivity contribution in [3.05, 3.63) is 84.3 Å². The topological polar surface area (TPSA) is 67.4 Å². The minimum absolute atomic E-state index is 0.132. The Morgan fingerprint density at radius 2 is 1.65 bits per heavy atom. The molecule has 34 heavy (non-hydrogen) atoms. The molecule has 0 bridgehead atoms. The number of thioether (sulfide) groups is 1. The second-order valence-corrected chi connectivity index (χ2v) is 9.20. The third-order valence-electron chi connectivity index (χ3n) is 6.08. The van der Waals surface area contributed by atoms with Gasteiger partial charge in [-0.15, -0.1) is 10.2 Å². The first-order valence-corrected chi connectivity index (χ1v) is 12.4. The zero-order valence-corrected chi connectivity index (χ0v) is 19.9. The van der Waals surface area contributed by atoms with Crippen molar-refractivity contribution < 1.29 is 9.21 Å². The number of piperazine rings is 1. The van der Waals surface area contributed by atoms with Crippen LogP contribution in [-0.4, -0.2) is 57.5 Å². The summed E-state index contributed by atoms with van der Waals surface area (Å²) in [6, 6.07) is 22.5. The summed E-state index contributed by atoms with van der Waals surface area (Å²) in [5.41, 5.74) is 3.27. The molecule has 174 valence electrons. The molecule has 2 aromatic carbocycles. The molecule has 0 unspecified atom stereocenters. The first-order chi connectivity index (χ1) is 16.7. The maximum Gasteiger partial charge on any atom is 0.233 e. The Bertz CT molecular complexity index is 1230. The van der Waals surface area contributed by atoms with E-state index >= 15 is 0 Å². The summed E-state index contributed by atoms with van der Waals surface area (Å²) < 4.78 is 7.57. The van der Waals surface area contributed by atoms with Gasteiger partial charge >= 0.3 is 0 Å². The summed E-state index contributed by atoms with van der Waals surface area (Å²) in [7, 11) is 0. The number of carbonyl (C=O) groups excluding carboxylic acids is 1. The largest absolute Gasteiger partial charge is 0.469 e. The number of aryl methyl sites for hydroxylation is 1. The predicted octanol–water partition coefficient (Wildman–Crippen LogP) is 4.34. The quantitative estimate of drug-likeness (QED) is 0.372. The molecule has 0 radical (unpaired) electrons. The van der Waals surface area contributed by atoms with E-state index in [0.29, 0.717) is 12.3 Å². The monoisotopic (exact) mass is 473 g/mol. The Kier molecular flexibility index (Phi) is 6.67. The molecule has 1 amide bonds. The molecule has 7 nitrogen and oxygen atoms in total. The van der Waals surface area contributed by atoms with Crippen LogP contribution in [0.3, 0.4) is 0 Å². The molecule has 0 spiro atoms. The number of furan rings is 1. The summed E-state index contributed by atoms with van der Waals surface area (Å²) in [6.45, 7) is 5.68. The van der Waals surface area contributed by atoms with Crippen molar-refractivity contribution in [2.45, 2.75) is 18.6 Å². The van der Waals surface area contributed by atoms with Crippen LogP contribution in [-0.2, 0) is 11.3 Å². The lowest BCUT2D eigenvalue weighted by atomic mass is 10.2. The molecular weight excluding hydrogens is 446 g/mol. The van der Waals surface area contributed by atoms with Gasteiger partial charge in [0.2, 0.25) is 5.91 Å². The van der Waals surface area contributed by atoms with Gasteiger partial charge in [0.05, 0.1) is 24.1 Å². The van der Waals surface area contributed by atoms with Crippen LogP contribution in [0.5, 0.6) is 0 Å². The van der Waals surface area contributed by atoms with Crippen molar-refractivity contribution in [2.24, 2.45) is 0 Å².